The van der Waals surface area contributed by atoms with Gasteiger partial charge in [0.1, 0.15) is 5.82 Å². The van der Waals surface area contributed by atoms with Gasteiger partial charge in [-0.05, 0) is 42.8 Å². The van der Waals surface area contributed by atoms with Gasteiger partial charge in [-0.1, -0.05) is 0 Å². The summed E-state index contributed by atoms with van der Waals surface area (Å²) in [5, 5.41) is 2.94. The zero-order chi connectivity index (χ0) is 16.3. The zero-order valence-electron chi connectivity index (χ0n) is 13.7. The lowest BCUT2D eigenvalue weighted by atomic mass is 10.1. The molecule has 1 heterocycles. The van der Waals surface area contributed by atoms with Crippen molar-refractivity contribution in [3.8, 4) is 0 Å². The number of hydrogen-bond acceptors (Lipinski definition) is 4. The summed E-state index contributed by atoms with van der Waals surface area (Å²) < 4.78 is 0. The van der Waals surface area contributed by atoms with Crippen molar-refractivity contribution in [1.82, 2.24) is 4.98 Å². The molecular weight excluding hydrogens is 276 g/mol. The van der Waals surface area contributed by atoms with Crippen molar-refractivity contribution in [1.29, 1.82) is 0 Å². The number of benzene rings is 1. The van der Waals surface area contributed by atoms with Gasteiger partial charge >= 0.3 is 0 Å². The fraction of sp³-hybridized carbons (Fsp3) is 0.294. The predicted octanol–water partition coefficient (Wildman–Crippen LogP) is 2.77. The summed E-state index contributed by atoms with van der Waals surface area (Å²) in [6, 6.07) is 9.42. The second-order valence-electron chi connectivity index (χ2n) is 5.62. The van der Waals surface area contributed by atoms with E-state index < -0.39 is 0 Å². The van der Waals surface area contributed by atoms with Gasteiger partial charge in [-0.2, -0.15) is 0 Å². The Morgan fingerprint density at radius 1 is 1.09 bits per heavy atom. The molecule has 0 spiro atoms. The summed E-state index contributed by atoms with van der Waals surface area (Å²) >= 11 is 0. The first kappa shape index (κ1) is 15.8. The van der Waals surface area contributed by atoms with Gasteiger partial charge in [0.2, 0.25) is 0 Å². The second kappa shape index (κ2) is 6.47. The Morgan fingerprint density at radius 3 is 2.41 bits per heavy atom. The first-order valence-corrected chi connectivity index (χ1v) is 7.12. The van der Waals surface area contributed by atoms with E-state index in [2.05, 4.69) is 10.3 Å². The largest absolute Gasteiger partial charge is 0.377 e. The Hall–Kier alpha value is -2.56. The lowest BCUT2D eigenvalue weighted by molar-refractivity contribution is 0.102. The molecule has 0 saturated carbocycles. The molecular formula is C17H22N4O. The number of aromatic nitrogens is 1. The molecule has 1 N–H and O–H groups in total. The third kappa shape index (κ3) is 3.36. The number of anilines is 3. The van der Waals surface area contributed by atoms with Gasteiger partial charge in [0.15, 0.2) is 0 Å². The number of nitrogens with zero attached hydrogens (tertiary/aromatic N) is 3. The van der Waals surface area contributed by atoms with E-state index in [1.165, 1.54) is 0 Å². The maximum absolute atomic E-state index is 12.5. The smallest absolute Gasteiger partial charge is 0.259 e. The highest BCUT2D eigenvalue weighted by Gasteiger charge is 2.14. The van der Waals surface area contributed by atoms with Crippen molar-refractivity contribution in [2.24, 2.45) is 0 Å². The SMILES string of the molecule is Cc1cc(NC(=O)c2cccnc2N(C)C)ccc1N(C)C. The van der Waals surface area contributed by atoms with E-state index in [9.17, 15) is 4.79 Å². The van der Waals surface area contributed by atoms with Crippen LogP contribution in [0.1, 0.15) is 15.9 Å². The minimum absolute atomic E-state index is 0.159. The van der Waals surface area contributed by atoms with Crippen LogP contribution in [0.2, 0.25) is 0 Å². The fourth-order valence-electron chi connectivity index (χ4n) is 2.36. The van der Waals surface area contributed by atoms with Gasteiger partial charge in [0, 0.05) is 45.8 Å². The zero-order valence-corrected chi connectivity index (χ0v) is 13.7. The van der Waals surface area contributed by atoms with Gasteiger partial charge in [0.25, 0.3) is 5.91 Å². The molecule has 0 unspecified atom stereocenters. The van der Waals surface area contributed by atoms with Crippen molar-refractivity contribution in [3.63, 3.8) is 0 Å². The molecule has 2 rings (SSSR count). The van der Waals surface area contributed by atoms with Crippen LogP contribution in [-0.2, 0) is 0 Å². The van der Waals surface area contributed by atoms with Crippen LogP contribution in [-0.4, -0.2) is 39.1 Å². The highest BCUT2D eigenvalue weighted by molar-refractivity contribution is 6.07. The third-order valence-corrected chi connectivity index (χ3v) is 3.39. The standard InChI is InChI=1S/C17H22N4O/c1-12-11-13(8-9-15(12)20(2)3)19-17(22)14-7-6-10-18-16(14)21(4)5/h6-11H,1-5H3,(H,19,22). The molecule has 5 nitrogen and oxygen atoms in total. The van der Waals surface area contributed by atoms with Crippen LogP contribution >= 0.6 is 0 Å². The maximum Gasteiger partial charge on any atom is 0.259 e. The van der Waals surface area contributed by atoms with Crippen LogP contribution in [0.25, 0.3) is 0 Å². The number of rotatable bonds is 4. The van der Waals surface area contributed by atoms with Crippen LogP contribution in [0, 0.1) is 6.92 Å². The first-order chi connectivity index (χ1) is 10.4. The van der Waals surface area contributed by atoms with Crippen LogP contribution in [0.4, 0.5) is 17.2 Å². The van der Waals surface area contributed by atoms with Crippen molar-refractivity contribution < 1.29 is 4.79 Å². The molecule has 22 heavy (non-hydrogen) atoms. The molecule has 0 aliphatic rings. The Labute approximate surface area is 131 Å². The number of amides is 1. The number of carbonyl (C=O) groups is 1. The molecule has 0 aliphatic heterocycles. The summed E-state index contributed by atoms with van der Waals surface area (Å²) in [5.41, 5.74) is 3.58. The molecule has 5 heteroatoms. The molecule has 0 atom stereocenters. The van der Waals surface area contributed by atoms with Crippen LogP contribution in [0.5, 0.6) is 0 Å². The van der Waals surface area contributed by atoms with Gasteiger partial charge < -0.3 is 15.1 Å². The summed E-state index contributed by atoms with van der Waals surface area (Å²) in [6.45, 7) is 2.03. The molecule has 1 amide bonds. The van der Waals surface area contributed by atoms with Crippen molar-refractivity contribution in [2.45, 2.75) is 6.92 Å². The summed E-state index contributed by atoms with van der Waals surface area (Å²) in [6.07, 6.45) is 1.68. The lowest BCUT2D eigenvalue weighted by Crippen LogP contribution is -2.19. The average Bonchev–Trinajstić information content (AvgIpc) is 2.46. The highest BCUT2D eigenvalue weighted by Crippen LogP contribution is 2.23. The molecule has 2 aromatic rings. The van der Waals surface area contributed by atoms with E-state index in [4.69, 9.17) is 0 Å². The van der Waals surface area contributed by atoms with E-state index in [-0.39, 0.29) is 5.91 Å². The van der Waals surface area contributed by atoms with Crippen molar-refractivity contribution in [2.75, 3.05) is 43.3 Å². The Bertz CT molecular complexity index is 680. The van der Waals surface area contributed by atoms with Gasteiger partial charge in [0.05, 0.1) is 5.56 Å². The minimum Gasteiger partial charge on any atom is -0.377 e. The normalized spacial score (nSPS) is 10.2. The predicted molar refractivity (Wildman–Crippen MR) is 92.0 cm³/mol. The Kier molecular flexibility index (Phi) is 4.65. The topological polar surface area (TPSA) is 48.5 Å². The Balaban J connectivity index is 2.25. The summed E-state index contributed by atoms with van der Waals surface area (Å²) in [5.74, 6) is 0.496. The molecule has 0 aliphatic carbocycles. The first-order valence-electron chi connectivity index (χ1n) is 7.12. The minimum atomic E-state index is -0.159. The molecule has 0 bridgehead atoms. The number of pyridine rings is 1. The number of aryl methyl sites for hydroxylation is 1. The van der Waals surface area contributed by atoms with Gasteiger partial charge in [-0.15, -0.1) is 0 Å². The highest BCUT2D eigenvalue weighted by atomic mass is 16.1. The Morgan fingerprint density at radius 2 is 1.82 bits per heavy atom. The monoisotopic (exact) mass is 298 g/mol. The molecule has 0 fully saturated rings. The molecule has 1 aromatic heterocycles. The summed E-state index contributed by atoms with van der Waals surface area (Å²) in [4.78, 5) is 20.6. The summed E-state index contributed by atoms with van der Waals surface area (Å²) in [7, 11) is 7.74. The van der Waals surface area contributed by atoms with Crippen LogP contribution < -0.4 is 15.1 Å². The lowest BCUT2D eigenvalue weighted by Gasteiger charge is -2.18. The van der Waals surface area contributed by atoms with E-state index in [1.807, 2.05) is 63.1 Å². The maximum atomic E-state index is 12.5. The van der Waals surface area contributed by atoms with Crippen molar-refractivity contribution >= 4 is 23.1 Å². The number of nitrogens with one attached hydrogen (secondary N) is 1. The number of carbonyl (C=O) groups excluding carboxylic acids is 1. The quantitative estimate of drug-likeness (QED) is 0.943. The van der Waals surface area contributed by atoms with Gasteiger partial charge in [-0.3, -0.25) is 4.79 Å². The fourth-order valence-corrected chi connectivity index (χ4v) is 2.36. The average molecular weight is 298 g/mol. The van der Waals surface area contributed by atoms with Gasteiger partial charge in [-0.25, -0.2) is 4.98 Å². The molecule has 1 aromatic carbocycles. The van der Waals surface area contributed by atoms with E-state index >= 15 is 0 Å². The number of hydrogen-bond donors (Lipinski definition) is 1. The van der Waals surface area contributed by atoms with Crippen LogP contribution in [0.3, 0.4) is 0 Å². The molecule has 116 valence electrons. The molecule has 0 radical (unpaired) electrons. The van der Waals surface area contributed by atoms with E-state index in [1.54, 1.807) is 18.3 Å². The van der Waals surface area contributed by atoms with Crippen LogP contribution in [0.15, 0.2) is 36.5 Å². The third-order valence-electron chi connectivity index (χ3n) is 3.39. The molecule has 0 saturated heterocycles. The van der Waals surface area contributed by atoms with Crippen molar-refractivity contribution in [3.05, 3.63) is 47.7 Å². The second-order valence-corrected chi connectivity index (χ2v) is 5.62. The van der Waals surface area contributed by atoms with E-state index in [0.717, 1.165) is 16.9 Å². The van der Waals surface area contributed by atoms with E-state index in [0.29, 0.717) is 11.4 Å².